The van der Waals surface area contributed by atoms with Gasteiger partial charge in [-0.25, -0.2) is 18.4 Å². The van der Waals surface area contributed by atoms with Crippen LogP contribution in [0.15, 0.2) is 65.8 Å². The minimum atomic E-state index is -3.90. The number of nitrogens with one attached hydrogen (secondary N) is 3. The summed E-state index contributed by atoms with van der Waals surface area (Å²) >= 11 is 5.25. The standard InChI is InChI=1S/C24H27N5O5S2/c1-16(2)12-13-34-20-7-5-4-6-19(20)23(30)28-24(35)27-17-8-10-18(11-9-17)36(31,32)29-21-14-22(33-3)26-15-25-21/h4-11,14-16H,12-13H2,1-3H3,(H,25,26,29)(H2,27,28,30,35). The third-order valence-electron chi connectivity index (χ3n) is 4.82. The van der Waals surface area contributed by atoms with Gasteiger partial charge in [0.05, 0.1) is 24.2 Å². The molecule has 36 heavy (non-hydrogen) atoms. The van der Waals surface area contributed by atoms with Crippen LogP contribution in [0.1, 0.15) is 30.6 Å². The van der Waals surface area contributed by atoms with Crippen molar-refractivity contribution >= 4 is 44.8 Å². The summed E-state index contributed by atoms with van der Waals surface area (Å²) < 4.78 is 38.4. The quantitative estimate of drug-likeness (QED) is 0.335. The van der Waals surface area contributed by atoms with Crippen LogP contribution in [0.3, 0.4) is 0 Å². The van der Waals surface area contributed by atoms with Crippen molar-refractivity contribution in [2.75, 3.05) is 23.8 Å². The van der Waals surface area contributed by atoms with Gasteiger partial charge >= 0.3 is 0 Å². The molecule has 0 aliphatic carbocycles. The number of para-hydroxylation sites is 1. The highest BCUT2D eigenvalue weighted by molar-refractivity contribution is 7.92. The van der Waals surface area contributed by atoms with Crippen LogP contribution in [0.5, 0.6) is 11.6 Å². The highest BCUT2D eigenvalue weighted by Crippen LogP contribution is 2.20. The number of sulfonamides is 1. The second-order valence-corrected chi connectivity index (χ2v) is 10.1. The van der Waals surface area contributed by atoms with Crippen molar-refractivity contribution in [2.24, 2.45) is 5.92 Å². The number of hydrogen-bond donors (Lipinski definition) is 3. The van der Waals surface area contributed by atoms with E-state index in [-0.39, 0.29) is 21.7 Å². The van der Waals surface area contributed by atoms with E-state index in [1.54, 1.807) is 24.3 Å². The number of hydrogen-bond acceptors (Lipinski definition) is 8. The van der Waals surface area contributed by atoms with Gasteiger partial charge in [0.1, 0.15) is 17.9 Å². The lowest BCUT2D eigenvalue weighted by Gasteiger charge is -2.14. The highest BCUT2D eigenvalue weighted by Gasteiger charge is 2.17. The van der Waals surface area contributed by atoms with Crippen molar-refractivity contribution in [3.05, 3.63) is 66.5 Å². The highest BCUT2D eigenvalue weighted by atomic mass is 32.2. The van der Waals surface area contributed by atoms with Crippen molar-refractivity contribution in [3.8, 4) is 11.6 Å². The fourth-order valence-electron chi connectivity index (χ4n) is 2.94. The second-order valence-electron chi connectivity index (χ2n) is 8.01. The number of carbonyl (C=O) groups excluding carboxylic acids is 1. The summed E-state index contributed by atoms with van der Waals surface area (Å²) in [5.74, 6) is 0.831. The topological polar surface area (TPSA) is 132 Å². The fourth-order valence-corrected chi connectivity index (χ4v) is 4.15. The Balaban J connectivity index is 1.60. The smallest absolute Gasteiger partial charge is 0.263 e. The molecule has 0 saturated heterocycles. The Morgan fingerprint density at radius 3 is 2.50 bits per heavy atom. The van der Waals surface area contributed by atoms with Gasteiger partial charge in [-0.3, -0.25) is 14.8 Å². The average molecular weight is 530 g/mol. The van der Waals surface area contributed by atoms with Crippen molar-refractivity contribution in [2.45, 2.75) is 25.2 Å². The number of thiocarbonyl (C=S) groups is 1. The van der Waals surface area contributed by atoms with E-state index in [9.17, 15) is 13.2 Å². The Labute approximate surface area is 215 Å². The minimum Gasteiger partial charge on any atom is -0.493 e. The third kappa shape index (κ3) is 7.62. The van der Waals surface area contributed by atoms with E-state index in [4.69, 9.17) is 21.7 Å². The number of carbonyl (C=O) groups is 1. The monoisotopic (exact) mass is 529 g/mol. The lowest BCUT2D eigenvalue weighted by atomic mass is 10.1. The Kier molecular flexibility index (Phi) is 9.14. The van der Waals surface area contributed by atoms with Gasteiger partial charge in [-0.1, -0.05) is 26.0 Å². The number of aromatic nitrogens is 2. The van der Waals surface area contributed by atoms with Gasteiger partial charge in [0.25, 0.3) is 15.9 Å². The molecule has 0 atom stereocenters. The molecular formula is C24H27N5O5S2. The molecule has 1 heterocycles. The van der Waals surface area contributed by atoms with Gasteiger partial charge in [0, 0.05) is 11.8 Å². The van der Waals surface area contributed by atoms with Crippen LogP contribution < -0.4 is 24.8 Å². The summed E-state index contributed by atoms with van der Waals surface area (Å²) in [5.41, 5.74) is 0.851. The molecule has 3 aromatic rings. The van der Waals surface area contributed by atoms with E-state index in [1.165, 1.54) is 43.8 Å². The number of amides is 1. The molecule has 0 radical (unpaired) electrons. The first-order chi connectivity index (χ1) is 17.2. The number of rotatable bonds is 10. The fraction of sp³-hybridized carbons (Fsp3) is 0.250. The normalized spacial score (nSPS) is 11.0. The summed E-state index contributed by atoms with van der Waals surface area (Å²) in [7, 11) is -2.48. The molecule has 2 aromatic carbocycles. The maximum absolute atomic E-state index is 12.7. The van der Waals surface area contributed by atoms with Crippen LogP contribution in [0.25, 0.3) is 0 Å². The van der Waals surface area contributed by atoms with Crippen LogP contribution in [-0.2, 0) is 10.0 Å². The summed E-state index contributed by atoms with van der Waals surface area (Å²) in [6, 6.07) is 14.1. The van der Waals surface area contributed by atoms with Crippen LogP contribution in [0, 0.1) is 5.92 Å². The molecule has 0 aliphatic rings. The van der Waals surface area contributed by atoms with Crippen molar-refractivity contribution in [3.63, 3.8) is 0 Å². The van der Waals surface area contributed by atoms with Crippen LogP contribution in [0.4, 0.5) is 11.5 Å². The van der Waals surface area contributed by atoms with Crippen LogP contribution >= 0.6 is 12.2 Å². The molecular weight excluding hydrogens is 502 g/mol. The van der Waals surface area contributed by atoms with Crippen LogP contribution in [0.2, 0.25) is 0 Å². The molecule has 3 N–H and O–H groups in total. The van der Waals surface area contributed by atoms with Gasteiger partial charge in [0.2, 0.25) is 5.88 Å². The Hall–Kier alpha value is -3.77. The van der Waals surface area contributed by atoms with E-state index in [0.29, 0.717) is 29.5 Å². The number of methoxy groups -OCH3 is 1. The number of ether oxygens (including phenoxy) is 2. The van der Waals surface area contributed by atoms with E-state index in [2.05, 4.69) is 39.2 Å². The SMILES string of the molecule is COc1cc(NS(=O)(=O)c2ccc(NC(=S)NC(=O)c3ccccc3OCCC(C)C)cc2)ncn1. The maximum atomic E-state index is 12.7. The van der Waals surface area contributed by atoms with Crippen LogP contribution in [-0.4, -0.2) is 43.1 Å². The molecule has 0 bridgehead atoms. The summed E-state index contributed by atoms with van der Waals surface area (Å²) in [6.07, 6.45) is 2.06. The summed E-state index contributed by atoms with van der Waals surface area (Å²) in [6.45, 7) is 4.69. The molecule has 0 unspecified atom stereocenters. The summed E-state index contributed by atoms with van der Waals surface area (Å²) in [5, 5.41) is 5.54. The van der Waals surface area contributed by atoms with Gasteiger partial charge in [0.15, 0.2) is 5.11 Å². The van der Waals surface area contributed by atoms with Gasteiger partial charge in [-0.15, -0.1) is 0 Å². The molecule has 0 aliphatic heterocycles. The van der Waals surface area contributed by atoms with Gasteiger partial charge in [-0.2, -0.15) is 0 Å². The molecule has 0 saturated carbocycles. The predicted octanol–water partition coefficient (Wildman–Crippen LogP) is 3.84. The molecule has 1 aromatic heterocycles. The van der Waals surface area contributed by atoms with Crippen molar-refractivity contribution in [1.29, 1.82) is 0 Å². The maximum Gasteiger partial charge on any atom is 0.263 e. The molecule has 12 heteroatoms. The van der Waals surface area contributed by atoms with E-state index in [1.807, 2.05) is 0 Å². The summed E-state index contributed by atoms with van der Waals surface area (Å²) in [4.78, 5) is 20.5. The molecule has 0 fully saturated rings. The molecule has 10 nitrogen and oxygen atoms in total. The molecule has 190 valence electrons. The Morgan fingerprint density at radius 1 is 1.08 bits per heavy atom. The number of anilines is 2. The first-order valence-corrected chi connectivity index (χ1v) is 12.9. The van der Waals surface area contributed by atoms with E-state index in [0.717, 1.165) is 6.42 Å². The molecule has 3 rings (SSSR count). The van der Waals surface area contributed by atoms with Crippen molar-refractivity contribution < 1.29 is 22.7 Å². The number of nitrogens with zero attached hydrogens (tertiary/aromatic N) is 2. The lowest BCUT2D eigenvalue weighted by Crippen LogP contribution is -2.34. The van der Waals surface area contributed by atoms with Gasteiger partial charge < -0.3 is 14.8 Å². The average Bonchev–Trinajstić information content (AvgIpc) is 2.84. The zero-order valence-corrected chi connectivity index (χ0v) is 21.7. The largest absolute Gasteiger partial charge is 0.493 e. The van der Waals surface area contributed by atoms with Gasteiger partial charge in [-0.05, 0) is 61.0 Å². The first kappa shape index (κ1) is 26.8. The van der Waals surface area contributed by atoms with Crippen molar-refractivity contribution in [1.82, 2.24) is 15.3 Å². The second kappa shape index (κ2) is 12.3. The molecule has 0 spiro atoms. The predicted molar refractivity (Wildman–Crippen MR) is 141 cm³/mol. The molecule has 1 amide bonds. The minimum absolute atomic E-state index is 0.00746. The first-order valence-electron chi connectivity index (χ1n) is 11.0. The Bertz CT molecular complexity index is 1310. The zero-order chi connectivity index (χ0) is 26.1. The van der Waals surface area contributed by atoms with E-state index >= 15 is 0 Å². The zero-order valence-electron chi connectivity index (χ0n) is 20.0. The third-order valence-corrected chi connectivity index (χ3v) is 6.40. The number of benzene rings is 2. The lowest BCUT2D eigenvalue weighted by molar-refractivity contribution is 0.0973. The van der Waals surface area contributed by atoms with E-state index < -0.39 is 15.9 Å². The Morgan fingerprint density at radius 2 is 1.81 bits per heavy atom.